The van der Waals surface area contributed by atoms with Crippen molar-refractivity contribution in [3.05, 3.63) is 65.2 Å². The Morgan fingerprint density at radius 1 is 1.20 bits per heavy atom. The van der Waals surface area contributed by atoms with Crippen LogP contribution >= 0.6 is 0 Å². The van der Waals surface area contributed by atoms with Gasteiger partial charge in [-0.05, 0) is 30.7 Å². The first-order chi connectivity index (χ1) is 12.0. The molecule has 7 heteroatoms. The molecule has 25 heavy (non-hydrogen) atoms. The molecule has 0 bridgehead atoms. The van der Waals surface area contributed by atoms with Crippen LogP contribution in [-0.2, 0) is 21.4 Å². The first kappa shape index (κ1) is 17.0. The maximum atomic E-state index is 12.3. The van der Waals surface area contributed by atoms with E-state index >= 15 is 0 Å². The van der Waals surface area contributed by atoms with Gasteiger partial charge in [-0.3, -0.25) is 4.31 Å². The van der Waals surface area contributed by atoms with E-state index in [-0.39, 0.29) is 17.9 Å². The summed E-state index contributed by atoms with van der Waals surface area (Å²) in [6.07, 6.45) is 0.571. The molecule has 0 amide bonds. The third kappa shape index (κ3) is 3.64. The second kappa shape index (κ2) is 6.95. The van der Waals surface area contributed by atoms with Gasteiger partial charge in [0.05, 0.1) is 28.6 Å². The van der Waals surface area contributed by atoms with Crippen molar-refractivity contribution in [2.24, 2.45) is 0 Å². The molecule has 0 radical (unpaired) electrons. The quantitative estimate of drug-likeness (QED) is 0.785. The van der Waals surface area contributed by atoms with E-state index in [1.807, 2.05) is 6.07 Å². The van der Waals surface area contributed by atoms with E-state index < -0.39 is 16.0 Å². The van der Waals surface area contributed by atoms with Gasteiger partial charge in [-0.15, -0.1) is 0 Å². The topological polar surface area (TPSA) is 87.5 Å². The predicted octanol–water partition coefficient (Wildman–Crippen LogP) is 2.46. The second-order valence-electron chi connectivity index (χ2n) is 5.64. The molecule has 0 saturated carbocycles. The smallest absolute Gasteiger partial charge is 0.338 e. The number of nitriles is 1. The average molecular weight is 356 g/mol. The van der Waals surface area contributed by atoms with E-state index in [0.717, 1.165) is 0 Å². The van der Waals surface area contributed by atoms with Gasteiger partial charge >= 0.3 is 5.97 Å². The molecule has 1 aliphatic heterocycles. The summed E-state index contributed by atoms with van der Waals surface area (Å²) >= 11 is 0. The van der Waals surface area contributed by atoms with Crippen LogP contribution in [0.25, 0.3) is 0 Å². The van der Waals surface area contributed by atoms with Crippen LogP contribution in [0.1, 0.15) is 27.9 Å². The first-order valence-corrected chi connectivity index (χ1v) is 9.38. The Morgan fingerprint density at radius 2 is 2.00 bits per heavy atom. The second-order valence-corrected chi connectivity index (χ2v) is 7.65. The highest BCUT2D eigenvalue weighted by Crippen LogP contribution is 2.25. The van der Waals surface area contributed by atoms with E-state index in [0.29, 0.717) is 29.8 Å². The molecule has 0 spiro atoms. The molecule has 1 saturated heterocycles. The largest absolute Gasteiger partial charge is 0.457 e. The van der Waals surface area contributed by atoms with Gasteiger partial charge in [-0.1, -0.05) is 24.3 Å². The lowest BCUT2D eigenvalue weighted by atomic mass is 10.1. The van der Waals surface area contributed by atoms with E-state index in [1.54, 1.807) is 42.5 Å². The number of carbonyl (C=O) groups is 1. The van der Waals surface area contributed by atoms with Crippen LogP contribution in [-0.4, -0.2) is 26.7 Å². The Morgan fingerprint density at radius 3 is 2.72 bits per heavy atom. The minimum Gasteiger partial charge on any atom is -0.457 e. The van der Waals surface area contributed by atoms with Crippen LogP contribution in [0, 0.1) is 11.3 Å². The molecule has 0 aliphatic carbocycles. The Bertz CT molecular complexity index is 948. The lowest BCUT2D eigenvalue weighted by Gasteiger charge is -2.17. The fourth-order valence-corrected chi connectivity index (χ4v) is 4.26. The van der Waals surface area contributed by atoms with Crippen LogP contribution in [0.15, 0.2) is 48.5 Å². The summed E-state index contributed by atoms with van der Waals surface area (Å²) in [5.41, 5.74) is 1.81. The molecule has 128 valence electrons. The third-order valence-electron chi connectivity index (χ3n) is 3.97. The minimum absolute atomic E-state index is 0.0190. The van der Waals surface area contributed by atoms with Crippen molar-refractivity contribution >= 4 is 21.7 Å². The number of rotatable bonds is 4. The third-order valence-corrected chi connectivity index (χ3v) is 5.84. The molecule has 2 aromatic rings. The number of esters is 1. The fourth-order valence-electron chi connectivity index (χ4n) is 2.70. The fraction of sp³-hybridized carbons (Fsp3) is 0.222. The number of carbonyl (C=O) groups excluding carboxylic acids is 1. The lowest BCUT2D eigenvalue weighted by molar-refractivity contribution is 0.0472. The number of sulfonamides is 1. The number of hydrogen-bond donors (Lipinski definition) is 0. The summed E-state index contributed by atoms with van der Waals surface area (Å²) in [4.78, 5) is 12.3. The van der Waals surface area contributed by atoms with Crippen molar-refractivity contribution in [2.45, 2.75) is 13.0 Å². The van der Waals surface area contributed by atoms with Gasteiger partial charge in [-0.2, -0.15) is 5.26 Å². The molecule has 1 heterocycles. The van der Waals surface area contributed by atoms with Crippen LogP contribution in [0.4, 0.5) is 5.69 Å². The zero-order valence-electron chi connectivity index (χ0n) is 13.4. The van der Waals surface area contributed by atoms with Crippen molar-refractivity contribution in [1.82, 2.24) is 0 Å². The van der Waals surface area contributed by atoms with Gasteiger partial charge in [0.25, 0.3) is 0 Å². The summed E-state index contributed by atoms with van der Waals surface area (Å²) in [6.45, 7) is 0.394. The van der Waals surface area contributed by atoms with E-state index in [9.17, 15) is 13.2 Å². The number of hydrogen-bond acceptors (Lipinski definition) is 5. The van der Waals surface area contributed by atoms with Crippen molar-refractivity contribution in [3.8, 4) is 6.07 Å². The molecule has 0 aromatic heterocycles. The normalized spacial score (nSPS) is 15.6. The Labute approximate surface area is 146 Å². The molecule has 6 nitrogen and oxygen atoms in total. The molecule has 0 N–H and O–H groups in total. The number of benzene rings is 2. The average Bonchev–Trinajstić information content (AvgIpc) is 2.99. The first-order valence-electron chi connectivity index (χ1n) is 7.77. The van der Waals surface area contributed by atoms with Crippen molar-refractivity contribution in [2.75, 3.05) is 16.6 Å². The van der Waals surface area contributed by atoms with Crippen LogP contribution < -0.4 is 4.31 Å². The van der Waals surface area contributed by atoms with E-state index in [4.69, 9.17) is 10.00 Å². The zero-order chi connectivity index (χ0) is 17.9. The Hall–Kier alpha value is -2.85. The molecule has 2 aromatic carbocycles. The van der Waals surface area contributed by atoms with Gasteiger partial charge < -0.3 is 4.74 Å². The summed E-state index contributed by atoms with van der Waals surface area (Å²) in [5.74, 6) is -0.446. The van der Waals surface area contributed by atoms with Gasteiger partial charge in [0.2, 0.25) is 10.0 Å². The van der Waals surface area contributed by atoms with Crippen molar-refractivity contribution in [1.29, 1.82) is 5.26 Å². The number of nitrogens with zero attached hydrogens (tertiary/aromatic N) is 2. The highest BCUT2D eigenvalue weighted by Gasteiger charge is 2.28. The summed E-state index contributed by atoms with van der Waals surface area (Å²) < 4.78 is 30.6. The summed E-state index contributed by atoms with van der Waals surface area (Å²) in [7, 11) is -3.30. The van der Waals surface area contributed by atoms with Crippen LogP contribution in [0.5, 0.6) is 0 Å². The highest BCUT2D eigenvalue weighted by atomic mass is 32.2. The summed E-state index contributed by atoms with van der Waals surface area (Å²) in [5, 5.41) is 9.05. The molecule has 1 fully saturated rings. The standard InChI is InChI=1S/C18H16N2O4S/c19-12-15-5-1-2-6-16(15)13-24-18(21)14-7-3-8-17(11-14)20-9-4-10-25(20,22)23/h1-3,5-8,11H,4,9-10,13H2. The predicted molar refractivity (Wildman–Crippen MR) is 92.5 cm³/mol. The van der Waals surface area contributed by atoms with E-state index in [2.05, 4.69) is 0 Å². The molecule has 3 rings (SSSR count). The van der Waals surface area contributed by atoms with Crippen molar-refractivity contribution in [3.63, 3.8) is 0 Å². The zero-order valence-corrected chi connectivity index (χ0v) is 14.2. The maximum Gasteiger partial charge on any atom is 0.338 e. The maximum absolute atomic E-state index is 12.3. The molecular formula is C18H16N2O4S. The minimum atomic E-state index is -3.30. The Balaban J connectivity index is 1.75. The summed E-state index contributed by atoms with van der Waals surface area (Å²) in [6, 6.07) is 15.3. The van der Waals surface area contributed by atoms with Gasteiger partial charge in [0.15, 0.2) is 0 Å². The molecular weight excluding hydrogens is 340 g/mol. The number of anilines is 1. The van der Waals surface area contributed by atoms with Crippen LogP contribution in [0.3, 0.4) is 0 Å². The lowest BCUT2D eigenvalue weighted by Crippen LogP contribution is -2.25. The monoisotopic (exact) mass is 356 g/mol. The van der Waals surface area contributed by atoms with Gasteiger partial charge in [0, 0.05) is 12.1 Å². The SMILES string of the molecule is N#Cc1ccccc1COC(=O)c1cccc(N2CCCS2(=O)=O)c1. The molecule has 0 unspecified atom stereocenters. The highest BCUT2D eigenvalue weighted by molar-refractivity contribution is 7.93. The van der Waals surface area contributed by atoms with Gasteiger partial charge in [-0.25, -0.2) is 13.2 Å². The van der Waals surface area contributed by atoms with Crippen LogP contribution in [0.2, 0.25) is 0 Å². The molecule has 0 atom stereocenters. The van der Waals surface area contributed by atoms with E-state index in [1.165, 1.54) is 10.4 Å². The Kier molecular flexibility index (Phi) is 4.72. The molecule has 1 aliphatic rings. The van der Waals surface area contributed by atoms with Gasteiger partial charge in [0.1, 0.15) is 6.61 Å². The van der Waals surface area contributed by atoms with Crippen molar-refractivity contribution < 1.29 is 17.9 Å². The number of ether oxygens (including phenoxy) is 1.